The van der Waals surface area contributed by atoms with Gasteiger partial charge in [-0.25, -0.2) is 15.0 Å². The molecule has 0 aliphatic rings. The van der Waals surface area contributed by atoms with Gasteiger partial charge in [0.1, 0.15) is 0 Å². The molecule has 0 fully saturated rings. The molecule has 9 heteroatoms. The average Bonchev–Trinajstić information content (AvgIpc) is 3.02. The van der Waals surface area contributed by atoms with Crippen molar-refractivity contribution < 1.29 is 4.79 Å². The second kappa shape index (κ2) is 9.01. The number of benzene rings is 1. The summed E-state index contributed by atoms with van der Waals surface area (Å²) in [4.78, 5) is 26.0. The fraction of sp³-hybridized carbons (Fsp3) is 0.222. The second-order valence-corrected chi connectivity index (χ2v) is 8.72. The number of carbonyl (C=O) groups excluding carboxylic acids is 1. The molecule has 1 N–H and O–H groups in total. The lowest BCUT2D eigenvalue weighted by molar-refractivity contribution is -0.113. The number of hydrogen-bond donors (Lipinski definition) is 1. The molecule has 0 atom stereocenters. The van der Waals surface area contributed by atoms with Gasteiger partial charge in [0.2, 0.25) is 5.91 Å². The number of rotatable bonds is 6. The maximum atomic E-state index is 12.2. The lowest BCUT2D eigenvalue weighted by Crippen LogP contribution is -2.14. The highest BCUT2D eigenvalue weighted by atomic mass is 35.5. The number of amides is 1. The maximum absolute atomic E-state index is 12.2. The van der Waals surface area contributed by atoms with Gasteiger partial charge in [-0.05, 0) is 43.7 Å². The molecule has 0 bridgehead atoms. The summed E-state index contributed by atoms with van der Waals surface area (Å²) in [6.07, 6.45) is 2.34. The lowest BCUT2D eigenvalue weighted by atomic mass is 10.1. The first-order valence-electron chi connectivity index (χ1n) is 8.02. The van der Waals surface area contributed by atoms with Crippen LogP contribution in [0.25, 0.3) is 0 Å². The van der Waals surface area contributed by atoms with Gasteiger partial charge < -0.3 is 5.32 Å². The van der Waals surface area contributed by atoms with Crippen molar-refractivity contribution in [3.63, 3.8) is 0 Å². The number of thiazole rings is 1. The normalized spacial score (nSPS) is 10.8. The van der Waals surface area contributed by atoms with Crippen LogP contribution >= 0.6 is 46.3 Å². The van der Waals surface area contributed by atoms with Crippen LogP contribution in [0.5, 0.6) is 0 Å². The van der Waals surface area contributed by atoms with Crippen molar-refractivity contribution in [1.82, 2.24) is 15.0 Å². The Bertz CT molecular complexity index is 957. The SMILES string of the molecule is Cc1cc(C)nc(SCC(=O)Nc2ncc(Cc3cc(Cl)ccc3Cl)s2)n1. The van der Waals surface area contributed by atoms with Crippen molar-refractivity contribution in [1.29, 1.82) is 0 Å². The zero-order valence-electron chi connectivity index (χ0n) is 14.6. The number of aromatic nitrogens is 3. The van der Waals surface area contributed by atoms with Gasteiger partial charge in [0.15, 0.2) is 10.3 Å². The predicted octanol–water partition coefficient (Wildman–Crippen LogP) is 5.18. The zero-order valence-corrected chi connectivity index (χ0v) is 17.8. The Kier molecular flexibility index (Phi) is 6.70. The molecule has 0 unspecified atom stereocenters. The quantitative estimate of drug-likeness (QED) is 0.424. The number of anilines is 1. The molecule has 0 saturated heterocycles. The number of halogens is 2. The molecule has 0 aliphatic carbocycles. The molecule has 3 rings (SSSR count). The molecule has 0 aliphatic heterocycles. The summed E-state index contributed by atoms with van der Waals surface area (Å²) in [6.45, 7) is 3.81. The third-order valence-corrected chi connectivity index (χ3v) is 5.83. The summed E-state index contributed by atoms with van der Waals surface area (Å²) >= 11 is 14.9. The fourth-order valence-electron chi connectivity index (χ4n) is 2.36. The molecule has 0 spiro atoms. The van der Waals surface area contributed by atoms with Crippen molar-refractivity contribution in [2.45, 2.75) is 25.4 Å². The lowest BCUT2D eigenvalue weighted by Gasteiger charge is -2.03. The number of thioether (sulfide) groups is 1. The van der Waals surface area contributed by atoms with E-state index in [-0.39, 0.29) is 11.7 Å². The van der Waals surface area contributed by atoms with Gasteiger partial charge in [-0.2, -0.15) is 0 Å². The molecule has 0 saturated carbocycles. The monoisotopic (exact) mass is 438 g/mol. The Balaban J connectivity index is 1.57. The van der Waals surface area contributed by atoms with Crippen LogP contribution in [0.15, 0.2) is 35.6 Å². The molecule has 1 amide bonds. The van der Waals surface area contributed by atoms with Crippen LogP contribution in [-0.2, 0) is 11.2 Å². The Morgan fingerprint density at radius 2 is 1.93 bits per heavy atom. The minimum Gasteiger partial charge on any atom is -0.301 e. The highest BCUT2D eigenvalue weighted by molar-refractivity contribution is 7.99. The molecule has 27 heavy (non-hydrogen) atoms. The van der Waals surface area contributed by atoms with Crippen molar-refractivity contribution in [2.24, 2.45) is 0 Å². The maximum Gasteiger partial charge on any atom is 0.236 e. The van der Waals surface area contributed by atoms with E-state index in [1.54, 1.807) is 18.3 Å². The third-order valence-electron chi connectivity index (χ3n) is 3.47. The minimum absolute atomic E-state index is 0.149. The summed E-state index contributed by atoms with van der Waals surface area (Å²) in [6, 6.07) is 7.26. The van der Waals surface area contributed by atoms with Crippen molar-refractivity contribution in [3.05, 3.63) is 62.3 Å². The topological polar surface area (TPSA) is 67.8 Å². The van der Waals surface area contributed by atoms with Gasteiger partial charge in [-0.3, -0.25) is 4.79 Å². The predicted molar refractivity (Wildman–Crippen MR) is 112 cm³/mol. The highest BCUT2D eigenvalue weighted by Gasteiger charge is 2.11. The smallest absolute Gasteiger partial charge is 0.236 e. The molecule has 5 nitrogen and oxygen atoms in total. The molecule has 2 heterocycles. The van der Waals surface area contributed by atoms with Gasteiger partial charge in [0.25, 0.3) is 0 Å². The minimum atomic E-state index is -0.149. The summed E-state index contributed by atoms with van der Waals surface area (Å²) in [7, 11) is 0. The van der Waals surface area contributed by atoms with Crippen LogP contribution in [0.3, 0.4) is 0 Å². The van der Waals surface area contributed by atoms with Crippen LogP contribution in [0.2, 0.25) is 10.0 Å². The second-order valence-electron chi connectivity index (χ2n) is 5.81. The summed E-state index contributed by atoms with van der Waals surface area (Å²) in [5, 5.41) is 5.25. The number of nitrogens with zero attached hydrogens (tertiary/aromatic N) is 3. The zero-order chi connectivity index (χ0) is 19.4. The fourth-order valence-corrected chi connectivity index (χ4v) is 4.34. The Morgan fingerprint density at radius 1 is 1.19 bits per heavy atom. The first-order chi connectivity index (χ1) is 12.9. The Morgan fingerprint density at radius 3 is 2.67 bits per heavy atom. The van der Waals surface area contributed by atoms with Crippen molar-refractivity contribution in [3.8, 4) is 0 Å². The van der Waals surface area contributed by atoms with E-state index >= 15 is 0 Å². The molecule has 0 radical (unpaired) electrons. The number of hydrogen-bond acceptors (Lipinski definition) is 6. The summed E-state index contributed by atoms with van der Waals surface area (Å²) < 4.78 is 0. The van der Waals surface area contributed by atoms with Crippen LogP contribution in [0, 0.1) is 13.8 Å². The largest absolute Gasteiger partial charge is 0.301 e. The van der Waals surface area contributed by atoms with Gasteiger partial charge >= 0.3 is 0 Å². The van der Waals surface area contributed by atoms with Crippen molar-refractivity contribution in [2.75, 3.05) is 11.1 Å². The number of aryl methyl sites for hydroxylation is 2. The average molecular weight is 439 g/mol. The van der Waals surface area contributed by atoms with Crippen LogP contribution in [-0.4, -0.2) is 26.6 Å². The van der Waals surface area contributed by atoms with Gasteiger partial charge in [0.05, 0.1) is 5.75 Å². The van der Waals surface area contributed by atoms with Gasteiger partial charge in [0, 0.05) is 38.9 Å². The standard InChI is InChI=1S/C18H16Cl2N4OS2/c1-10-5-11(2)23-18(22-10)26-9-16(25)24-17-21-8-14(27-17)7-12-6-13(19)3-4-15(12)20/h3-6,8H,7,9H2,1-2H3,(H,21,24,25). The highest BCUT2D eigenvalue weighted by Crippen LogP contribution is 2.27. The Hall–Kier alpha value is -1.67. The van der Waals surface area contributed by atoms with Crippen LogP contribution < -0.4 is 5.32 Å². The molecular weight excluding hydrogens is 423 g/mol. The number of carbonyl (C=O) groups is 1. The molecule has 3 aromatic rings. The third kappa shape index (κ3) is 5.90. The van der Waals surface area contributed by atoms with E-state index in [0.717, 1.165) is 21.8 Å². The van der Waals surface area contributed by atoms with E-state index in [1.807, 2.05) is 26.0 Å². The van der Waals surface area contributed by atoms with E-state index in [0.29, 0.717) is 26.8 Å². The number of nitrogens with one attached hydrogen (secondary N) is 1. The van der Waals surface area contributed by atoms with Crippen molar-refractivity contribution >= 4 is 57.3 Å². The first-order valence-corrected chi connectivity index (χ1v) is 10.6. The molecule has 1 aromatic carbocycles. The van der Waals surface area contributed by atoms with E-state index in [4.69, 9.17) is 23.2 Å². The molecular formula is C18H16Cl2N4OS2. The first kappa shape index (κ1) is 20.1. The van der Waals surface area contributed by atoms with Gasteiger partial charge in [-0.1, -0.05) is 35.0 Å². The van der Waals surface area contributed by atoms with E-state index < -0.39 is 0 Å². The van der Waals surface area contributed by atoms with Crippen LogP contribution in [0.1, 0.15) is 21.8 Å². The molecule has 140 valence electrons. The van der Waals surface area contributed by atoms with E-state index in [9.17, 15) is 4.79 Å². The van der Waals surface area contributed by atoms with E-state index in [1.165, 1.54) is 23.1 Å². The van der Waals surface area contributed by atoms with Crippen LogP contribution in [0.4, 0.5) is 5.13 Å². The molecule has 2 aromatic heterocycles. The summed E-state index contributed by atoms with van der Waals surface area (Å²) in [5.41, 5.74) is 2.69. The summed E-state index contributed by atoms with van der Waals surface area (Å²) in [5.74, 6) is 0.0715. The van der Waals surface area contributed by atoms with Gasteiger partial charge in [-0.15, -0.1) is 11.3 Å². The Labute approximate surface area is 175 Å². The van der Waals surface area contributed by atoms with E-state index in [2.05, 4.69) is 20.3 Å².